The number of rotatable bonds is 3. The lowest BCUT2D eigenvalue weighted by atomic mass is 9.89. The molecule has 22 heavy (non-hydrogen) atoms. The lowest BCUT2D eigenvalue weighted by molar-refractivity contribution is -0.274. The van der Waals surface area contributed by atoms with E-state index in [1.165, 1.54) is 12.1 Å². The third-order valence-corrected chi connectivity index (χ3v) is 3.87. The van der Waals surface area contributed by atoms with Crippen molar-refractivity contribution in [1.29, 1.82) is 0 Å². The normalized spacial score (nSPS) is 25.6. The minimum atomic E-state index is -4.73. The molecule has 1 aliphatic rings. The van der Waals surface area contributed by atoms with Crippen LogP contribution in [0.1, 0.15) is 30.6 Å². The van der Waals surface area contributed by atoms with Crippen LogP contribution in [0.25, 0.3) is 0 Å². The molecule has 1 fully saturated rings. The number of hydrogen-bond acceptors (Lipinski definition) is 3. The van der Waals surface area contributed by atoms with Gasteiger partial charge in [0.25, 0.3) is 5.91 Å². The first kappa shape index (κ1) is 16.6. The molecule has 122 valence electrons. The Morgan fingerprint density at radius 1 is 1.27 bits per heavy atom. The molecular weight excluding hydrogens is 297 g/mol. The van der Waals surface area contributed by atoms with Gasteiger partial charge in [-0.1, -0.05) is 6.92 Å². The number of benzene rings is 1. The minimum Gasteiger partial charge on any atom is -0.406 e. The molecule has 1 aromatic carbocycles. The maximum absolute atomic E-state index is 12.2. The smallest absolute Gasteiger partial charge is 0.406 e. The lowest BCUT2D eigenvalue weighted by Gasteiger charge is -2.36. The van der Waals surface area contributed by atoms with Gasteiger partial charge in [-0.3, -0.25) is 4.79 Å². The predicted molar refractivity (Wildman–Crippen MR) is 75.6 cm³/mol. The third-order valence-electron chi connectivity index (χ3n) is 3.87. The zero-order chi connectivity index (χ0) is 16.3. The quantitative estimate of drug-likeness (QED) is 0.901. The van der Waals surface area contributed by atoms with Crippen LogP contribution in [0.3, 0.4) is 0 Å². The highest BCUT2D eigenvalue weighted by Gasteiger charge is 2.31. The Morgan fingerprint density at radius 3 is 2.45 bits per heavy atom. The highest BCUT2D eigenvalue weighted by molar-refractivity contribution is 5.94. The van der Waals surface area contributed by atoms with Crippen LogP contribution in [0.2, 0.25) is 0 Å². The number of carbonyl (C=O) groups excluding carboxylic acids is 1. The van der Waals surface area contributed by atoms with Crippen LogP contribution in [0, 0.1) is 5.92 Å². The number of nitrogens with one attached hydrogen (secondary N) is 2. The van der Waals surface area contributed by atoms with Gasteiger partial charge in [-0.05, 0) is 50.1 Å². The molecule has 0 aliphatic carbocycles. The summed E-state index contributed by atoms with van der Waals surface area (Å²) >= 11 is 0. The van der Waals surface area contributed by atoms with E-state index < -0.39 is 6.36 Å². The molecule has 0 saturated carbocycles. The fraction of sp³-hybridized carbons (Fsp3) is 0.533. The molecule has 3 unspecified atom stereocenters. The van der Waals surface area contributed by atoms with Gasteiger partial charge in [0.2, 0.25) is 0 Å². The first-order chi connectivity index (χ1) is 10.3. The van der Waals surface area contributed by atoms with Crippen LogP contribution in [-0.2, 0) is 0 Å². The molecule has 0 bridgehead atoms. The van der Waals surface area contributed by atoms with Crippen molar-refractivity contribution in [3.63, 3.8) is 0 Å². The van der Waals surface area contributed by atoms with Crippen LogP contribution < -0.4 is 15.4 Å². The van der Waals surface area contributed by atoms with E-state index in [2.05, 4.69) is 22.3 Å². The lowest BCUT2D eigenvalue weighted by Crippen LogP contribution is -2.55. The average molecular weight is 316 g/mol. The van der Waals surface area contributed by atoms with Crippen molar-refractivity contribution in [2.75, 3.05) is 6.54 Å². The van der Waals surface area contributed by atoms with Gasteiger partial charge >= 0.3 is 6.36 Å². The monoisotopic (exact) mass is 316 g/mol. The fourth-order valence-electron chi connectivity index (χ4n) is 2.65. The van der Waals surface area contributed by atoms with Crippen molar-refractivity contribution in [2.24, 2.45) is 5.92 Å². The standard InChI is InChI=1S/C15H19F3N2O2/c1-9-7-8-19-10(2)13(9)20-14(21)11-3-5-12(6-4-11)22-15(16,17)18/h3-6,9-10,13,19H,7-8H2,1-2H3,(H,20,21). The largest absolute Gasteiger partial charge is 0.573 e. The van der Waals surface area contributed by atoms with Gasteiger partial charge < -0.3 is 15.4 Å². The zero-order valence-corrected chi connectivity index (χ0v) is 12.4. The van der Waals surface area contributed by atoms with Crippen molar-refractivity contribution in [3.8, 4) is 5.75 Å². The van der Waals surface area contributed by atoms with Gasteiger partial charge in [-0.25, -0.2) is 0 Å². The Hall–Kier alpha value is -1.76. The number of piperidine rings is 1. The highest BCUT2D eigenvalue weighted by Crippen LogP contribution is 2.23. The van der Waals surface area contributed by atoms with Crippen molar-refractivity contribution in [1.82, 2.24) is 10.6 Å². The molecule has 1 saturated heterocycles. The van der Waals surface area contributed by atoms with E-state index in [-0.39, 0.29) is 23.7 Å². The van der Waals surface area contributed by atoms with Crippen molar-refractivity contribution >= 4 is 5.91 Å². The summed E-state index contributed by atoms with van der Waals surface area (Å²) in [6.07, 6.45) is -3.77. The van der Waals surface area contributed by atoms with E-state index in [1.54, 1.807) is 0 Å². The SMILES string of the molecule is CC1CCNC(C)C1NC(=O)c1ccc(OC(F)(F)F)cc1. The van der Waals surface area contributed by atoms with Gasteiger partial charge in [0.05, 0.1) is 0 Å². The minimum absolute atomic E-state index is 0.00708. The molecule has 2 N–H and O–H groups in total. The van der Waals surface area contributed by atoms with E-state index >= 15 is 0 Å². The molecule has 1 aliphatic heterocycles. The van der Waals surface area contributed by atoms with E-state index in [0.29, 0.717) is 11.5 Å². The summed E-state index contributed by atoms with van der Waals surface area (Å²) in [7, 11) is 0. The van der Waals surface area contributed by atoms with E-state index in [1.807, 2.05) is 6.92 Å². The first-order valence-corrected chi connectivity index (χ1v) is 7.16. The van der Waals surface area contributed by atoms with E-state index in [4.69, 9.17) is 0 Å². The van der Waals surface area contributed by atoms with Crippen molar-refractivity contribution in [3.05, 3.63) is 29.8 Å². The van der Waals surface area contributed by atoms with Crippen LogP contribution in [0.4, 0.5) is 13.2 Å². The number of ether oxygens (including phenoxy) is 1. The highest BCUT2D eigenvalue weighted by atomic mass is 19.4. The molecule has 3 atom stereocenters. The van der Waals surface area contributed by atoms with Gasteiger partial charge in [0.1, 0.15) is 5.75 Å². The van der Waals surface area contributed by atoms with Crippen LogP contribution in [0.15, 0.2) is 24.3 Å². The zero-order valence-electron chi connectivity index (χ0n) is 12.4. The summed E-state index contributed by atoms with van der Waals surface area (Å²) in [4.78, 5) is 12.2. The molecule has 0 aromatic heterocycles. The van der Waals surface area contributed by atoms with Crippen LogP contribution >= 0.6 is 0 Å². The number of halogens is 3. The molecule has 7 heteroatoms. The molecule has 4 nitrogen and oxygen atoms in total. The third kappa shape index (κ3) is 4.37. The summed E-state index contributed by atoms with van der Waals surface area (Å²) in [6.45, 7) is 4.99. The molecule has 0 spiro atoms. The molecule has 1 amide bonds. The maximum atomic E-state index is 12.2. The second kappa shape index (κ2) is 6.56. The number of alkyl halides is 3. The number of hydrogen-bond donors (Lipinski definition) is 2. The molecule has 1 aromatic rings. The number of carbonyl (C=O) groups is 1. The summed E-state index contributed by atoms with van der Waals surface area (Å²) in [5.74, 6) is -0.302. The van der Waals surface area contributed by atoms with Crippen molar-refractivity contribution < 1.29 is 22.7 Å². The van der Waals surface area contributed by atoms with E-state index in [9.17, 15) is 18.0 Å². The maximum Gasteiger partial charge on any atom is 0.573 e. The first-order valence-electron chi connectivity index (χ1n) is 7.16. The molecule has 1 heterocycles. The average Bonchev–Trinajstić information content (AvgIpc) is 2.42. The Balaban J connectivity index is 2.00. The molecule has 0 radical (unpaired) electrons. The van der Waals surface area contributed by atoms with Gasteiger partial charge in [0, 0.05) is 17.6 Å². The predicted octanol–water partition coefficient (Wildman–Crippen LogP) is 2.70. The van der Waals surface area contributed by atoms with Crippen LogP contribution in [-0.4, -0.2) is 30.9 Å². The summed E-state index contributed by atoms with van der Waals surface area (Å²) in [5.41, 5.74) is 0.305. The Kier molecular flexibility index (Phi) is 4.95. The Labute approximate surface area is 127 Å². The number of amides is 1. The Morgan fingerprint density at radius 2 is 1.91 bits per heavy atom. The van der Waals surface area contributed by atoms with Gasteiger partial charge in [0.15, 0.2) is 0 Å². The summed E-state index contributed by atoms with van der Waals surface area (Å²) < 4.78 is 40.0. The summed E-state index contributed by atoms with van der Waals surface area (Å²) in [6, 6.07) is 5.06. The van der Waals surface area contributed by atoms with Gasteiger partial charge in [-0.2, -0.15) is 0 Å². The second-order valence-corrected chi connectivity index (χ2v) is 5.58. The molecule has 2 rings (SSSR count). The fourth-order valence-corrected chi connectivity index (χ4v) is 2.65. The van der Waals surface area contributed by atoms with Crippen LogP contribution in [0.5, 0.6) is 5.75 Å². The Bertz CT molecular complexity index is 507. The van der Waals surface area contributed by atoms with Gasteiger partial charge in [-0.15, -0.1) is 13.2 Å². The van der Waals surface area contributed by atoms with E-state index in [0.717, 1.165) is 25.1 Å². The topological polar surface area (TPSA) is 50.4 Å². The second-order valence-electron chi connectivity index (χ2n) is 5.58. The van der Waals surface area contributed by atoms with Crippen molar-refractivity contribution in [2.45, 2.75) is 38.7 Å². The molecular formula is C15H19F3N2O2. The summed E-state index contributed by atoms with van der Waals surface area (Å²) in [5, 5.41) is 6.23.